The van der Waals surface area contributed by atoms with Gasteiger partial charge in [-0.15, -0.1) is 0 Å². The number of aliphatic hydroxyl groups is 1. The van der Waals surface area contributed by atoms with Gasteiger partial charge in [0.05, 0.1) is 31.3 Å². The Labute approximate surface area is 388 Å². The molecule has 2 amide bonds. The van der Waals surface area contributed by atoms with E-state index in [0.717, 1.165) is 52.1 Å². The number of amides is 2. The number of carbonyl (C=O) groups is 8. The number of benzene rings is 3. The van der Waals surface area contributed by atoms with Gasteiger partial charge in [-0.1, -0.05) is 65.9 Å². The molecule has 11 atom stereocenters. The maximum atomic E-state index is 14.1. The first kappa shape index (κ1) is 50.0. The zero-order valence-electron chi connectivity index (χ0n) is 37.1. The Bertz CT molecular complexity index is 2300. The average Bonchev–Trinajstić information content (AvgIpc) is 3.64. The van der Waals surface area contributed by atoms with Crippen molar-refractivity contribution in [2.24, 2.45) is 0 Å². The summed E-state index contributed by atoms with van der Waals surface area (Å²) in [6.45, 7) is 4.46. The van der Waals surface area contributed by atoms with Crippen LogP contribution in [0, 0.1) is 6.92 Å². The van der Waals surface area contributed by atoms with Crippen molar-refractivity contribution in [3.8, 4) is 0 Å². The average molecular weight is 952 g/mol. The molecular formula is C46H49NO19S. The first-order valence-electron chi connectivity index (χ1n) is 20.9. The van der Waals surface area contributed by atoms with E-state index in [4.69, 9.17) is 47.4 Å². The molecule has 3 aromatic carbocycles. The standard InChI is InChI=1S/C46H49NO19S/c1-24-17-19-31(20-18-24)67-43-40(65-42(54)30-15-11-8-12-16-30)39(64-41(53)29-13-9-7-10-14-29)36(52)33(62-43)23-59-46(44(55)57-6)21-32-35(47(25(2)48)45(56)63-32)38(66-46)37(61-28(5)51)34(60-27(4)50)22-58-26(3)49/h7-20,32-40,43,52H,21-23H2,1-6H3/t32-,33+,34+,35+,36-,37+,38+,39-,40+,43-,46+/m0/s1. The lowest BCUT2D eigenvalue weighted by Crippen LogP contribution is -2.67. The number of nitrogens with zero attached hydrogens (tertiary/aromatic N) is 1. The zero-order chi connectivity index (χ0) is 48.6. The topological polar surface area (TPSA) is 252 Å². The molecule has 3 fully saturated rings. The molecule has 3 aliphatic heterocycles. The molecule has 0 aromatic heterocycles. The van der Waals surface area contributed by atoms with Crippen LogP contribution in [0.1, 0.15) is 60.4 Å². The van der Waals surface area contributed by atoms with Crippen LogP contribution in [0.5, 0.6) is 0 Å². The Morgan fingerprint density at radius 3 is 1.93 bits per heavy atom. The summed E-state index contributed by atoms with van der Waals surface area (Å²) in [4.78, 5) is 106. The van der Waals surface area contributed by atoms with Crippen LogP contribution in [0.4, 0.5) is 4.79 Å². The van der Waals surface area contributed by atoms with E-state index in [1.807, 2.05) is 19.1 Å². The molecule has 0 unspecified atom stereocenters. The number of ether oxygens (including phenoxy) is 10. The Morgan fingerprint density at radius 2 is 1.39 bits per heavy atom. The van der Waals surface area contributed by atoms with Crippen molar-refractivity contribution < 1.29 is 90.8 Å². The van der Waals surface area contributed by atoms with Gasteiger partial charge in [0.1, 0.15) is 42.5 Å². The molecule has 20 nitrogen and oxygen atoms in total. The minimum absolute atomic E-state index is 0.0968. The van der Waals surface area contributed by atoms with Gasteiger partial charge in [0.2, 0.25) is 5.91 Å². The van der Waals surface area contributed by atoms with Crippen LogP contribution in [-0.4, -0.2) is 144 Å². The van der Waals surface area contributed by atoms with E-state index in [0.29, 0.717) is 9.80 Å². The van der Waals surface area contributed by atoms with E-state index in [2.05, 4.69) is 0 Å². The van der Waals surface area contributed by atoms with Crippen molar-refractivity contribution >= 4 is 59.6 Å². The third kappa shape index (κ3) is 12.0. The number of fused-ring (bicyclic) bond motifs is 1. The highest BCUT2D eigenvalue weighted by Gasteiger charge is 2.65. The molecule has 6 rings (SSSR count). The van der Waals surface area contributed by atoms with E-state index in [1.54, 1.807) is 48.5 Å². The summed E-state index contributed by atoms with van der Waals surface area (Å²) in [5.41, 5.74) is -0.0823. The van der Waals surface area contributed by atoms with Crippen molar-refractivity contribution in [3.63, 3.8) is 0 Å². The second kappa shape index (κ2) is 21.9. The van der Waals surface area contributed by atoms with E-state index in [9.17, 15) is 43.5 Å². The number of aryl methyl sites for hydroxylation is 1. The summed E-state index contributed by atoms with van der Waals surface area (Å²) in [6.07, 6.45) is -15.3. The molecule has 1 N–H and O–H groups in total. The zero-order valence-corrected chi connectivity index (χ0v) is 37.9. The number of esters is 6. The lowest BCUT2D eigenvalue weighted by atomic mass is 9.88. The Balaban J connectivity index is 1.41. The van der Waals surface area contributed by atoms with Crippen molar-refractivity contribution in [2.45, 2.75) is 112 Å². The third-order valence-corrected chi connectivity index (χ3v) is 11.9. The van der Waals surface area contributed by atoms with Crippen LogP contribution in [-0.2, 0) is 71.3 Å². The maximum absolute atomic E-state index is 14.1. The van der Waals surface area contributed by atoms with Crippen molar-refractivity contribution in [2.75, 3.05) is 20.3 Å². The Kier molecular flexibility index (Phi) is 16.4. The fourth-order valence-corrected chi connectivity index (χ4v) is 8.85. The Hall–Kier alpha value is -6.39. The summed E-state index contributed by atoms with van der Waals surface area (Å²) in [7, 11) is 0.983. The van der Waals surface area contributed by atoms with Crippen LogP contribution in [0.2, 0.25) is 0 Å². The number of thioether (sulfide) groups is 1. The highest BCUT2D eigenvalue weighted by molar-refractivity contribution is 7.99. The largest absolute Gasteiger partial charge is 0.465 e. The molecule has 3 aromatic rings. The van der Waals surface area contributed by atoms with Gasteiger partial charge in [-0.3, -0.25) is 19.2 Å². The van der Waals surface area contributed by atoms with E-state index in [-0.39, 0.29) is 11.1 Å². The van der Waals surface area contributed by atoms with Gasteiger partial charge in [0, 0.05) is 32.6 Å². The number of rotatable bonds is 16. The van der Waals surface area contributed by atoms with Gasteiger partial charge in [0.25, 0.3) is 5.79 Å². The van der Waals surface area contributed by atoms with E-state index < -0.39 is 134 Å². The molecule has 0 spiro atoms. The van der Waals surface area contributed by atoms with Gasteiger partial charge in [-0.25, -0.2) is 24.1 Å². The third-order valence-electron chi connectivity index (χ3n) is 10.7. The minimum atomic E-state index is -2.66. The molecule has 0 radical (unpaired) electrons. The lowest BCUT2D eigenvalue weighted by Gasteiger charge is -2.48. The summed E-state index contributed by atoms with van der Waals surface area (Å²) < 4.78 is 58.1. The second-order valence-electron chi connectivity index (χ2n) is 15.6. The highest BCUT2D eigenvalue weighted by Crippen LogP contribution is 2.43. The van der Waals surface area contributed by atoms with Crippen molar-refractivity contribution in [3.05, 3.63) is 102 Å². The van der Waals surface area contributed by atoms with Gasteiger partial charge in [0.15, 0.2) is 24.4 Å². The summed E-state index contributed by atoms with van der Waals surface area (Å²) in [5.74, 6) is -9.25. The number of methoxy groups -OCH3 is 1. The van der Waals surface area contributed by atoms with E-state index in [1.165, 1.54) is 24.3 Å². The summed E-state index contributed by atoms with van der Waals surface area (Å²) in [5, 5.41) is 12.2. The molecule has 358 valence electrons. The highest BCUT2D eigenvalue weighted by atomic mass is 32.2. The van der Waals surface area contributed by atoms with Crippen LogP contribution in [0.15, 0.2) is 89.8 Å². The molecular weight excluding hydrogens is 903 g/mol. The molecule has 0 aliphatic carbocycles. The second-order valence-corrected chi connectivity index (χ2v) is 16.8. The number of carbonyl (C=O) groups excluding carboxylic acids is 8. The predicted molar refractivity (Wildman–Crippen MR) is 228 cm³/mol. The normalized spacial score (nSPS) is 26.4. The molecule has 3 aliphatic rings. The fourth-order valence-electron chi connectivity index (χ4n) is 7.74. The SMILES string of the molecule is COC(=O)[C@@]1(OC[C@H]2O[C@@H](Sc3ccc(C)cc3)[C@H](OC(=O)c3ccccc3)[C@@H](OC(=O)c3ccccc3)[C@H]2O)C[C@@H]2OC(=O)N(C(C)=O)[C@H]2[C@H]([C@H](OC(C)=O)[C@@H](COC(C)=O)OC(C)=O)O1. The smallest absolute Gasteiger partial charge is 0.417 e. The van der Waals surface area contributed by atoms with E-state index >= 15 is 0 Å². The van der Waals surface area contributed by atoms with Gasteiger partial charge >= 0.3 is 41.9 Å². The molecule has 21 heteroatoms. The molecule has 0 saturated carbocycles. The quantitative estimate of drug-likeness (QED) is 0.159. The number of hydrogen-bond donors (Lipinski definition) is 1. The fraction of sp³-hybridized carbons (Fsp3) is 0.435. The minimum Gasteiger partial charge on any atom is -0.465 e. The summed E-state index contributed by atoms with van der Waals surface area (Å²) in [6, 6.07) is 21.5. The van der Waals surface area contributed by atoms with Gasteiger partial charge in [-0.2, -0.15) is 0 Å². The van der Waals surface area contributed by atoms with Crippen LogP contribution >= 0.6 is 11.8 Å². The first-order valence-corrected chi connectivity index (χ1v) is 21.8. The monoisotopic (exact) mass is 951 g/mol. The molecule has 3 heterocycles. The molecule has 67 heavy (non-hydrogen) atoms. The van der Waals surface area contributed by atoms with Crippen LogP contribution in [0.25, 0.3) is 0 Å². The number of aliphatic hydroxyl groups excluding tert-OH is 1. The van der Waals surface area contributed by atoms with Crippen LogP contribution < -0.4 is 0 Å². The number of imide groups is 1. The maximum Gasteiger partial charge on any atom is 0.417 e. The van der Waals surface area contributed by atoms with Gasteiger partial charge in [-0.05, 0) is 43.3 Å². The summed E-state index contributed by atoms with van der Waals surface area (Å²) >= 11 is 1.06. The Morgan fingerprint density at radius 1 is 0.806 bits per heavy atom. The molecule has 3 saturated heterocycles. The molecule has 0 bridgehead atoms. The lowest BCUT2D eigenvalue weighted by molar-refractivity contribution is -0.322. The number of hydrogen-bond acceptors (Lipinski definition) is 20. The van der Waals surface area contributed by atoms with Crippen molar-refractivity contribution in [1.82, 2.24) is 4.90 Å². The van der Waals surface area contributed by atoms with Crippen LogP contribution in [0.3, 0.4) is 0 Å². The van der Waals surface area contributed by atoms with Gasteiger partial charge < -0.3 is 52.5 Å². The predicted octanol–water partition coefficient (Wildman–Crippen LogP) is 3.46. The van der Waals surface area contributed by atoms with Crippen molar-refractivity contribution in [1.29, 1.82) is 0 Å². The first-order chi connectivity index (χ1) is 31.9.